The molecule has 0 unspecified atom stereocenters. The number of carbonyl (C=O) groups is 1. The Morgan fingerprint density at radius 2 is 1.68 bits per heavy atom. The smallest absolute Gasteiger partial charge is 0.319 e. The number of hydrogen-bond donors (Lipinski definition) is 2. The average Bonchev–Trinajstić information content (AvgIpc) is 2.99. The van der Waals surface area contributed by atoms with Crippen molar-refractivity contribution in [3.63, 3.8) is 0 Å². The number of aromatic nitrogens is 1. The first-order chi connectivity index (χ1) is 20.0. The molecule has 4 aromatic rings. The molecule has 3 heterocycles. The van der Waals surface area contributed by atoms with E-state index in [1.54, 1.807) is 30.5 Å². The number of halogens is 2. The second-order valence-electron chi connectivity index (χ2n) is 9.54. The van der Waals surface area contributed by atoms with Gasteiger partial charge in [-0.05, 0) is 35.9 Å². The Bertz CT molecular complexity index is 1560. The number of amides is 2. The van der Waals surface area contributed by atoms with Gasteiger partial charge in [-0.3, -0.25) is 4.98 Å². The number of nitrogens with one attached hydrogen (secondary N) is 2. The SMILES string of the molecule is O=C(NCc1ccc(F)cc1)Nc1ccc(Oc2ccnc3cc(OC4CCOCC4)c4c(c23)OCCO4)c(F)c1. The van der Waals surface area contributed by atoms with Crippen molar-refractivity contribution in [2.24, 2.45) is 0 Å². The van der Waals surface area contributed by atoms with Crippen LogP contribution in [0.1, 0.15) is 18.4 Å². The van der Waals surface area contributed by atoms with E-state index in [9.17, 15) is 9.18 Å². The first kappa shape index (κ1) is 26.6. The van der Waals surface area contributed by atoms with Gasteiger partial charge in [0.25, 0.3) is 0 Å². The normalized spacial score (nSPS) is 14.9. The number of nitrogens with zero attached hydrogens (tertiary/aromatic N) is 1. The minimum absolute atomic E-state index is 0.0125. The molecule has 0 bridgehead atoms. The summed E-state index contributed by atoms with van der Waals surface area (Å²) in [6.45, 7) is 2.14. The molecule has 1 saturated heterocycles. The van der Waals surface area contributed by atoms with Crippen LogP contribution in [0.2, 0.25) is 0 Å². The van der Waals surface area contributed by atoms with Gasteiger partial charge >= 0.3 is 6.03 Å². The van der Waals surface area contributed by atoms with Gasteiger partial charge < -0.3 is 34.3 Å². The molecule has 0 saturated carbocycles. The predicted molar refractivity (Wildman–Crippen MR) is 146 cm³/mol. The molecule has 6 rings (SSSR count). The van der Waals surface area contributed by atoms with Gasteiger partial charge in [-0.15, -0.1) is 0 Å². The number of fused-ring (bicyclic) bond motifs is 3. The second-order valence-corrected chi connectivity index (χ2v) is 9.54. The molecule has 1 fully saturated rings. The van der Waals surface area contributed by atoms with E-state index in [4.69, 9.17) is 23.7 Å². The zero-order valence-electron chi connectivity index (χ0n) is 22.0. The van der Waals surface area contributed by atoms with Crippen molar-refractivity contribution in [1.29, 1.82) is 0 Å². The molecular formula is C30H27F2N3O6. The Morgan fingerprint density at radius 1 is 0.902 bits per heavy atom. The fourth-order valence-corrected chi connectivity index (χ4v) is 4.66. The minimum Gasteiger partial charge on any atom is -0.486 e. The molecule has 1 aromatic heterocycles. The Kier molecular flexibility index (Phi) is 7.68. The maximum absolute atomic E-state index is 15.1. The van der Waals surface area contributed by atoms with Gasteiger partial charge in [0.2, 0.25) is 5.75 Å². The van der Waals surface area contributed by atoms with Crippen molar-refractivity contribution in [2.75, 3.05) is 31.7 Å². The van der Waals surface area contributed by atoms with Crippen LogP contribution in [0.3, 0.4) is 0 Å². The second kappa shape index (κ2) is 11.8. The summed E-state index contributed by atoms with van der Waals surface area (Å²) in [7, 11) is 0. The van der Waals surface area contributed by atoms with Crippen LogP contribution >= 0.6 is 0 Å². The van der Waals surface area contributed by atoms with Crippen molar-refractivity contribution in [2.45, 2.75) is 25.5 Å². The molecule has 0 radical (unpaired) electrons. The van der Waals surface area contributed by atoms with Crippen molar-refractivity contribution in [3.05, 3.63) is 78.0 Å². The highest BCUT2D eigenvalue weighted by Gasteiger charge is 2.27. The Labute approximate surface area is 234 Å². The van der Waals surface area contributed by atoms with Gasteiger partial charge in [0.1, 0.15) is 30.9 Å². The molecule has 0 atom stereocenters. The van der Waals surface area contributed by atoms with Crippen LogP contribution in [0.15, 0.2) is 60.8 Å². The molecule has 2 amide bonds. The van der Waals surface area contributed by atoms with E-state index in [2.05, 4.69) is 15.6 Å². The zero-order chi connectivity index (χ0) is 28.2. The summed E-state index contributed by atoms with van der Waals surface area (Å²) in [5.74, 6) is 0.643. The van der Waals surface area contributed by atoms with Crippen LogP contribution in [0.5, 0.6) is 28.7 Å². The fourth-order valence-electron chi connectivity index (χ4n) is 4.66. The molecule has 3 aromatic carbocycles. The largest absolute Gasteiger partial charge is 0.486 e. The van der Waals surface area contributed by atoms with Crippen LogP contribution in [-0.2, 0) is 11.3 Å². The lowest BCUT2D eigenvalue weighted by molar-refractivity contribution is 0.0234. The first-order valence-electron chi connectivity index (χ1n) is 13.3. The third kappa shape index (κ3) is 6.09. The molecule has 41 heavy (non-hydrogen) atoms. The van der Waals surface area contributed by atoms with Crippen LogP contribution < -0.4 is 29.6 Å². The van der Waals surface area contributed by atoms with Gasteiger partial charge in [-0.1, -0.05) is 12.1 Å². The number of carbonyl (C=O) groups excluding carboxylic acids is 1. The van der Waals surface area contributed by atoms with Crippen LogP contribution in [0.25, 0.3) is 10.9 Å². The number of anilines is 1. The summed E-state index contributed by atoms with van der Waals surface area (Å²) >= 11 is 0. The van der Waals surface area contributed by atoms with E-state index in [-0.39, 0.29) is 29.9 Å². The molecule has 212 valence electrons. The average molecular weight is 564 g/mol. The lowest BCUT2D eigenvalue weighted by Gasteiger charge is -2.27. The van der Waals surface area contributed by atoms with E-state index in [1.165, 1.54) is 24.3 Å². The number of ether oxygens (including phenoxy) is 5. The highest BCUT2D eigenvalue weighted by molar-refractivity contribution is 5.95. The van der Waals surface area contributed by atoms with Gasteiger partial charge in [-0.2, -0.15) is 0 Å². The number of rotatable bonds is 7. The molecule has 2 aliphatic heterocycles. The third-order valence-corrected chi connectivity index (χ3v) is 6.68. The van der Waals surface area contributed by atoms with Crippen molar-refractivity contribution in [1.82, 2.24) is 10.3 Å². The Morgan fingerprint density at radius 3 is 2.46 bits per heavy atom. The topological polar surface area (TPSA) is 100 Å². The molecule has 9 nitrogen and oxygen atoms in total. The fraction of sp³-hybridized carbons (Fsp3) is 0.267. The number of urea groups is 1. The quantitative estimate of drug-likeness (QED) is 0.286. The standard InChI is InChI=1S/C30H27F2N3O6/c31-19-3-1-18(2-4-19)17-34-30(36)35-20-5-6-24(22(32)15-20)41-25-7-10-33-23-16-26(40-21-8-11-37-12-9-21)28-29(27(23)25)39-14-13-38-28/h1-7,10,15-16,21H,8-9,11-14,17H2,(H2,34,35,36). The van der Waals surface area contributed by atoms with Gasteiger partial charge in [0.15, 0.2) is 23.1 Å². The predicted octanol–water partition coefficient (Wildman–Crippen LogP) is 5.96. The summed E-state index contributed by atoms with van der Waals surface area (Å²) in [6.07, 6.45) is 3.08. The van der Waals surface area contributed by atoms with E-state index in [0.717, 1.165) is 24.5 Å². The van der Waals surface area contributed by atoms with E-state index in [0.29, 0.717) is 60.3 Å². The monoisotopic (exact) mass is 563 g/mol. The zero-order valence-corrected chi connectivity index (χ0v) is 22.0. The summed E-state index contributed by atoms with van der Waals surface area (Å²) < 4.78 is 57.7. The van der Waals surface area contributed by atoms with Crippen LogP contribution in [0.4, 0.5) is 19.3 Å². The molecular weight excluding hydrogens is 536 g/mol. The lowest BCUT2D eigenvalue weighted by Crippen LogP contribution is -2.28. The summed E-state index contributed by atoms with van der Waals surface area (Å²) in [6, 6.07) is 12.7. The summed E-state index contributed by atoms with van der Waals surface area (Å²) in [5.41, 5.74) is 1.50. The summed E-state index contributed by atoms with van der Waals surface area (Å²) in [4.78, 5) is 16.7. The molecule has 11 heteroatoms. The summed E-state index contributed by atoms with van der Waals surface area (Å²) in [5, 5.41) is 5.75. The van der Waals surface area contributed by atoms with Crippen molar-refractivity contribution in [3.8, 4) is 28.7 Å². The molecule has 2 N–H and O–H groups in total. The van der Waals surface area contributed by atoms with E-state index >= 15 is 4.39 Å². The first-order valence-corrected chi connectivity index (χ1v) is 13.3. The van der Waals surface area contributed by atoms with E-state index in [1.807, 2.05) is 0 Å². The molecule has 2 aliphatic rings. The maximum atomic E-state index is 15.1. The van der Waals surface area contributed by atoms with Crippen molar-refractivity contribution >= 4 is 22.6 Å². The number of hydrogen-bond acceptors (Lipinski definition) is 7. The number of pyridine rings is 1. The van der Waals surface area contributed by atoms with E-state index < -0.39 is 11.8 Å². The Balaban J connectivity index is 1.20. The highest BCUT2D eigenvalue weighted by atomic mass is 19.1. The lowest BCUT2D eigenvalue weighted by atomic mass is 10.1. The van der Waals surface area contributed by atoms with Crippen molar-refractivity contribution < 1.29 is 37.3 Å². The third-order valence-electron chi connectivity index (χ3n) is 6.68. The van der Waals surface area contributed by atoms with Gasteiger partial charge in [-0.25, -0.2) is 13.6 Å². The van der Waals surface area contributed by atoms with Crippen LogP contribution in [-0.4, -0.2) is 43.5 Å². The highest BCUT2D eigenvalue weighted by Crippen LogP contribution is 2.49. The maximum Gasteiger partial charge on any atom is 0.319 e. The molecule has 0 spiro atoms. The Hall–Kier alpha value is -4.64. The minimum atomic E-state index is -0.684. The molecule has 0 aliphatic carbocycles. The van der Waals surface area contributed by atoms with Gasteiger partial charge in [0.05, 0.1) is 24.1 Å². The van der Waals surface area contributed by atoms with Gasteiger partial charge in [0, 0.05) is 43.4 Å². The number of benzene rings is 3. The van der Waals surface area contributed by atoms with Crippen LogP contribution in [0, 0.1) is 11.6 Å².